The minimum Gasteiger partial charge on any atom is -0.495 e. The van der Waals surface area contributed by atoms with Gasteiger partial charge in [0, 0.05) is 11.1 Å². The van der Waals surface area contributed by atoms with Gasteiger partial charge in [0.25, 0.3) is 11.8 Å². The maximum Gasteiger partial charge on any atom is 0.275 e. The van der Waals surface area contributed by atoms with Crippen LogP contribution in [-0.4, -0.2) is 75.7 Å². The van der Waals surface area contributed by atoms with Gasteiger partial charge in [0.1, 0.15) is 35.0 Å². The zero-order chi connectivity index (χ0) is 36.9. The first-order valence-corrected chi connectivity index (χ1v) is 18.5. The molecule has 0 bridgehead atoms. The Bertz CT molecular complexity index is 1880. The molecule has 3 aromatic carbocycles. The second-order valence-corrected chi connectivity index (χ2v) is 14.5. The molecule has 11 heteroatoms. The molecule has 7 rings (SSSR count). The zero-order valence-electron chi connectivity index (χ0n) is 30.1. The number of hydrogen-bond donors (Lipinski definition) is 1. The predicted octanol–water partition coefficient (Wildman–Crippen LogP) is 6.99. The highest BCUT2D eigenvalue weighted by Crippen LogP contribution is 2.41. The van der Waals surface area contributed by atoms with Crippen LogP contribution in [0.1, 0.15) is 86.5 Å². The lowest BCUT2D eigenvalue weighted by atomic mass is 9.88. The van der Waals surface area contributed by atoms with Gasteiger partial charge in [0.2, 0.25) is 11.1 Å². The van der Waals surface area contributed by atoms with Crippen molar-refractivity contribution >= 4 is 51.7 Å². The summed E-state index contributed by atoms with van der Waals surface area (Å²) >= 11 is 5.56. The second-order valence-electron chi connectivity index (χ2n) is 14.1. The molecule has 52 heavy (non-hydrogen) atoms. The van der Waals surface area contributed by atoms with Crippen LogP contribution >= 0.6 is 11.6 Å². The molecule has 3 aromatic rings. The molecular weight excluding hydrogens is 678 g/mol. The average Bonchev–Trinajstić information content (AvgIpc) is 3.55. The fourth-order valence-corrected chi connectivity index (χ4v) is 7.83. The van der Waals surface area contributed by atoms with Crippen LogP contribution in [0.2, 0.25) is 0 Å². The molecule has 2 heterocycles. The summed E-state index contributed by atoms with van der Waals surface area (Å²) in [5.41, 5.74) is 4.21. The zero-order valence-corrected chi connectivity index (χ0v) is 30.9. The van der Waals surface area contributed by atoms with E-state index in [-0.39, 0.29) is 30.8 Å². The van der Waals surface area contributed by atoms with Crippen LogP contribution in [0.4, 0.5) is 5.69 Å². The number of carbonyl (C=O) groups excluding carboxylic acids is 4. The van der Waals surface area contributed by atoms with Gasteiger partial charge in [-0.3, -0.25) is 29.2 Å². The highest BCUT2D eigenvalue weighted by Gasteiger charge is 2.49. The summed E-state index contributed by atoms with van der Waals surface area (Å²) in [5, 5.41) is 2.37. The first kappa shape index (κ1) is 36.9. The minimum atomic E-state index is -0.617. The Labute approximate surface area is 310 Å². The van der Waals surface area contributed by atoms with Crippen molar-refractivity contribution in [2.75, 3.05) is 25.5 Å². The smallest absolute Gasteiger partial charge is 0.275 e. The van der Waals surface area contributed by atoms with Crippen molar-refractivity contribution < 1.29 is 23.9 Å². The number of nitrogens with zero attached hydrogens (tertiary/aromatic N) is 4. The van der Waals surface area contributed by atoms with Gasteiger partial charge in [-0.1, -0.05) is 84.6 Å². The summed E-state index contributed by atoms with van der Waals surface area (Å²) in [4.78, 5) is 63.4. The molecule has 0 atom stereocenters. The van der Waals surface area contributed by atoms with E-state index in [1.807, 2.05) is 74.5 Å². The SMILES string of the molecule is COc1ccccc1NC(=O)CN1C(=O)C(c2ccc(C)cc2)=NC12CCCCC2.Cc1ccc(C2=NC3(CCCCC3)N(CC(=O)Cl)C2=O)cc1. The number of nitrogens with one attached hydrogen (secondary N) is 1. The van der Waals surface area contributed by atoms with Crippen molar-refractivity contribution in [3.63, 3.8) is 0 Å². The topological polar surface area (TPSA) is 121 Å². The maximum absolute atomic E-state index is 13.4. The van der Waals surface area contributed by atoms with Crippen LogP contribution in [0, 0.1) is 13.8 Å². The first-order chi connectivity index (χ1) is 25.0. The number of halogens is 1. The first-order valence-electron chi connectivity index (χ1n) is 18.1. The Hall–Kier alpha value is -4.83. The Kier molecular flexibility index (Phi) is 11.2. The van der Waals surface area contributed by atoms with Gasteiger partial charge in [-0.2, -0.15) is 0 Å². The fraction of sp³-hybridized carbons (Fsp3) is 0.415. The number of carbonyl (C=O) groups is 4. The average molecular weight is 724 g/mol. The molecule has 2 aliphatic heterocycles. The van der Waals surface area contributed by atoms with E-state index in [4.69, 9.17) is 26.3 Å². The van der Waals surface area contributed by atoms with E-state index in [2.05, 4.69) is 5.32 Å². The molecule has 2 aliphatic carbocycles. The molecule has 0 unspecified atom stereocenters. The molecule has 272 valence electrons. The highest BCUT2D eigenvalue weighted by atomic mass is 35.5. The lowest BCUT2D eigenvalue weighted by molar-refractivity contribution is -0.134. The van der Waals surface area contributed by atoms with E-state index in [1.165, 1.54) is 0 Å². The quantitative estimate of drug-likeness (QED) is 0.251. The number of aryl methyl sites for hydroxylation is 2. The molecule has 1 N–H and O–H groups in total. The summed E-state index contributed by atoms with van der Waals surface area (Å²) in [6, 6.07) is 22.8. The van der Waals surface area contributed by atoms with Crippen LogP contribution in [0.15, 0.2) is 82.8 Å². The number of methoxy groups -OCH3 is 1. The van der Waals surface area contributed by atoms with Crippen molar-refractivity contribution in [3.05, 3.63) is 95.1 Å². The Balaban J connectivity index is 0.000000187. The number of rotatable bonds is 8. The third-order valence-electron chi connectivity index (χ3n) is 10.5. The number of hydrogen-bond acceptors (Lipinski definition) is 7. The minimum absolute atomic E-state index is 0.0320. The van der Waals surface area contributed by atoms with Crippen LogP contribution < -0.4 is 10.1 Å². The van der Waals surface area contributed by atoms with Gasteiger partial charge in [0.15, 0.2) is 0 Å². The van der Waals surface area contributed by atoms with Gasteiger partial charge in [-0.25, -0.2) is 0 Å². The van der Waals surface area contributed by atoms with Crippen molar-refractivity contribution in [1.29, 1.82) is 0 Å². The number of para-hydroxylation sites is 2. The van der Waals surface area contributed by atoms with Crippen LogP contribution in [0.3, 0.4) is 0 Å². The summed E-state index contributed by atoms with van der Waals surface area (Å²) < 4.78 is 5.31. The molecule has 2 spiro atoms. The molecule has 2 saturated carbocycles. The van der Waals surface area contributed by atoms with Crippen molar-refractivity contribution in [3.8, 4) is 5.75 Å². The highest BCUT2D eigenvalue weighted by molar-refractivity contribution is 6.64. The van der Waals surface area contributed by atoms with E-state index in [9.17, 15) is 19.2 Å². The van der Waals surface area contributed by atoms with Gasteiger partial charge in [-0.15, -0.1) is 0 Å². The van der Waals surface area contributed by atoms with E-state index < -0.39 is 16.6 Å². The van der Waals surface area contributed by atoms with E-state index >= 15 is 0 Å². The van der Waals surface area contributed by atoms with E-state index in [1.54, 1.807) is 29.0 Å². The second kappa shape index (κ2) is 15.8. The summed E-state index contributed by atoms with van der Waals surface area (Å²) in [7, 11) is 1.56. The molecule has 0 radical (unpaired) electrons. The summed E-state index contributed by atoms with van der Waals surface area (Å²) in [6.07, 6.45) is 9.50. The normalized spacial score (nSPS) is 18.8. The lowest BCUT2D eigenvalue weighted by Crippen LogP contribution is -2.51. The van der Waals surface area contributed by atoms with Crippen LogP contribution in [0.25, 0.3) is 0 Å². The molecular formula is C41H46ClN5O5. The third-order valence-corrected chi connectivity index (χ3v) is 10.6. The van der Waals surface area contributed by atoms with Gasteiger partial charge >= 0.3 is 0 Å². The lowest BCUT2D eigenvalue weighted by Gasteiger charge is -2.38. The van der Waals surface area contributed by atoms with E-state index in [0.29, 0.717) is 22.9 Å². The number of anilines is 1. The van der Waals surface area contributed by atoms with Crippen LogP contribution in [0.5, 0.6) is 5.75 Å². The Morgan fingerprint density at radius 1 is 0.692 bits per heavy atom. The molecule has 2 fully saturated rings. The van der Waals surface area contributed by atoms with Crippen molar-refractivity contribution in [2.24, 2.45) is 9.98 Å². The predicted molar refractivity (Wildman–Crippen MR) is 203 cm³/mol. The van der Waals surface area contributed by atoms with Gasteiger partial charge < -0.3 is 19.9 Å². The largest absolute Gasteiger partial charge is 0.495 e. The number of ether oxygens (including phenoxy) is 1. The Morgan fingerprint density at radius 2 is 1.13 bits per heavy atom. The van der Waals surface area contributed by atoms with Gasteiger partial charge in [0.05, 0.1) is 19.3 Å². The van der Waals surface area contributed by atoms with E-state index in [0.717, 1.165) is 86.5 Å². The number of amides is 3. The number of benzene rings is 3. The Morgan fingerprint density at radius 3 is 1.58 bits per heavy atom. The third kappa shape index (κ3) is 7.82. The monoisotopic (exact) mass is 723 g/mol. The fourth-order valence-electron chi connectivity index (χ4n) is 7.71. The molecule has 0 aromatic heterocycles. The molecule has 4 aliphatic rings. The van der Waals surface area contributed by atoms with Crippen LogP contribution in [-0.2, 0) is 19.2 Å². The molecule has 10 nitrogen and oxygen atoms in total. The maximum atomic E-state index is 13.4. The standard InChI is InChI=1S/C24H27N3O3.C17H19ClN2O2/c1-17-10-12-18(13-11-17)22-23(29)27(24(26-22)14-6-3-7-15-24)16-21(28)25-19-8-4-5-9-20(19)30-2;1-12-5-7-13(8-6-12)15-16(22)20(11-14(18)21)17(19-15)9-3-2-4-10-17/h4-5,8-13H,3,6-7,14-16H2,1-2H3,(H,25,28);5-8H,2-4,9-11H2,1H3. The number of aliphatic imine (C=N–C) groups is 2. The van der Waals surface area contributed by atoms with Crippen molar-refractivity contribution in [1.82, 2.24) is 9.80 Å². The molecule has 0 saturated heterocycles. The van der Waals surface area contributed by atoms with Gasteiger partial charge in [-0.05, 0) is 88.9 Å². The van der Waals surface area contributed by atoms with Crippen molar-refractivity contribution in [2.45, 2.75) is 89.4 Å². The summed E-state index contributed by atoms with van der Waals surface area (Å²) in [5.74, 6) is -0.0172. The summed E-state index contributed by atoms with van der Waals surface area (Å²) in [6.45, 7) is 3.91. The molecule has 3 amide bonds.